The molecule has 7 heteroatoms. The molecule has 2 nitrogen and oxygen atoms in total. The molecule has 0 bridgehead atoms. The average Bonchev–Trinajstić information content (AvgIpc) is 1.30. The molecule has 0 aromatic heterocycles. The van der Waals surface area contributed by atoms with Crippen LogP contribution >= 0.6 is 17.0 Å². The first-order chi connectivity index (χ1) is 3.06. The second-order valence-electron chi connectivity index (χ2n) is 2.74. The fourth-order valence-corrected chi connectivity index (χ4v) is 0.300. The number of hydrogen-bond donors (Lipinski definition) is 1. The van der Waals surface area contributed by atoms with Crippen LogP contribution in [0.5, 0.6) is 0 Å². The zero-order valence-electron chi connectivity index (χ0n) is 9.18. The summed E-state index contributed by atoms with van der Waals surface area (Å²) < 4.78 is 0.844. The quantitative estimate of drug-likeness (QED) is 0.397. The molecular formula is C5H16BrCl2MgNNaO+. The van der Waals surface area contributed by atoms with Crippen LogP contribution in [0, 0.1) is 0 Å². The summed E-state index contributed by atoms with van der Waals surface area (Å²) in [7, 11) is 6.16. The molecule has 0 aromatic carbocycles. The Morgan fingerprint density at radius 3 is 1.42 bits per heavy atom. The van der Waals surface area contributed by atoms with E-state index in [0.717, 1.165) is 11.0 Å². The Bertz CT molecular complexity index is 73.0. The van der Waals surface area contributed by atoms with E-state index in [4.69, 9.17) is 5.11 Å². The number of hydrogen-bond acceptors (Lipinski definition) is 1. The van der Waals surface area contributed by atoms with Crippen LogP contribution < -0.4 is 54.4 Å². The van der Waals surface area contributed by atoms with Crippen LogP contribution in [0.25, 0.3) is 0 Å². The summed E-state index contributed by atoms with van der Waals surface area (Å²) in [5.74, 6) is 0. The molecule has 0 aliphatic carbocycles. The van der Waals surface area contributed by atoms with Crippen LogP contribution in [-0.4, -0.2) is 66.9 Å². The third-order valence-electron chi connectivity index (χ3n) is 0.771. The zero-order chi connectivity index (χ0) is 5.91. The van der Waals surface area contributed by atoms with E-state index in [2.05, 4.69) is 21.1 Å². The van der Waals surface area contributed by atoms with Crippen molar-refractivity contribution < 1.29 is 65.4 Å². The van der Waals surface area contributed by atoms with E-state index >= 15 is 0 Å². The Hall–Kier alpha value is 2.75. The van der Waals surface area contributed by atoms with Gasteiger partial charge >= 0.3 is 52.6 Å². The maximum atomic E-state index is 8.39. The van der Waals surface area contributed by atoms with Crippen molar-refractivity contribution >= 4 is 40.0 Å². The molecular weight excluding hydrogens is 288 g/mol. The monoisotopic (exact) mass is 302 g/mol. The molecule has 12 heavy (non-hydrogen) atoms. The predicted octanol–water partition coefficient (Wildman–Crippen LogP) is -8.99. The molecule has 0 aliphatic heterocycles. The summed E-state index contributed by atoms with van der Waals surface area (Å²) in [5, 5.41) is 8.39. The standard InChI is InChI=1S/C5H14NO.BrH.2ClH.Mg.Na.H/c1-6(2,3)4-5-7;;;;;;/h7H,4-5H2,1-3H3;3*1H;;;/q+1;;;;+2;+1;-1/p-2. The minimum atomic E-state index is 0. The Morgan fingerprint density at radius 2 is 1.42 bits per heavy atom. The summed E-state index contributed by atoms with van der Waals surface area (Å²) >= 11 is 0. The minimum absolute atomic E-state index is 0. The Labute approximate surface area is 138 Å². The van der Waals surface area contributed by atoms with E-state index in [9.17, 15) is 0 Å². The number of aliphatic hydroxyl groups excluding tert-OH is 1. The van der Waals surface area contributed by atoms with Crippen molar-refractivity contribution in [2.75, 3.05) is 34.3 Å². The van der Waals surface area contributed by atoms with Crippen molar-refractivity contribution in [2.24, 2.45) is 0 Å². The molecule has 0 atom stereocenters. The first-order valence-corrected chi connectivity index (χ1v) is 2.47. The van der Waals surface area contributed by atoms with Crippen LogP contribution in [0.3, 0.4) is 0 Å². The third-order valence-corrected chi connectivity index (χ3v) is 0.771. The Morgan fingerprint density at radius 1 is 1.17 bits per heavy atom. The van der Waals surface area contributed by atoms with Gasteiger partial charge in [-0.25, -0.2) is 0 Å². The normalized spacial score (nSPS) is 7.00. The molecule has 0 spiro atoms. The van der Waals surface area contributed by atoms with Crippen LogP contribution in [0.2, 0.25) is 0 Å². The van der Waals surface area contributed by atoms with Gasteiger partial charge in [-0.05, 0) is 0 Å². The molecule has 0 aromatic rings. The Balaban J connectivity index is -0.0000000120. The summed E-state index contributed by atoms with van der Waals surface area (Å²) in [4.78, 5) is 0. The molecule has 0 saturated heterocycles. The molecule has 0 amide bonds. The van der Waals surface area contributed by atoms with Gasteiger partial charge in [-0.15, -0.1) is 17.0 Å². The smallest absolute Gasteiger partial charge is 1.00 e. The van der Waals surface area contributed by atoms with Gasteiger partial charge in [-0.1, -0.05) is 0 Å². The van der Waals surface area contributed by atoms with Crippen LogP contribution in [0.15, 0.2) is 0 Å². The van der Waals surface area contributed by atoms with Gasteiger partial charge in [0.2, 0.25) is 0 Å². The van der Waals surface area contributed by atoms with Crippen molar-refractivity contribution in [3.8, 4) is 0 Å². The molecule has 0 aliphatic rings. The largest absolute Gasteiger partial charge is 2.00 e. The predicted molar refractivity (Wildman–Crippen MR) is 47.2 cm³/mol. The second-order valence-corrected chi connectivity index (χ2v) is 2.74. The van der Waals surface area contributed by atoms with E-state index < -0.39 is 0 Å². The van der Waals surface area contributed by atoms with Gasteiger partial charge in [0, 0.05) is 0 Å². The first kappa shape index (κ1) is 36.4. The van der Waals surface area contributed by atoms with Gasteiger partial charge in [-0.3, -0.25) is 0 Å². The zero-order valence-corrected chi connectivity index (χ0v) is 14.8. The van der Waals surface area contributed by atoms with E-state index in [-0.39, 0.29) is 102 Å². The van der Waals surface area contributed by atoms with Crippen molar-refractivity contribution in [1.29, 1.82) is 0 Å². The third kappa shape index (κ3) is 38.6. The summed E-state index contributed by atoms with van der Waals surface area (Å²) in [6.07, 6.45) is 0. The van der Waals surface area contributed by atoms with Gasteiger partial charge in [0.05, 0.1) is 27.7 Å². The van der Waals surface area contributed by atoms with E-state index in [0.29, 0.717) is 0 Å². The van der Waals surface area contributed by atoms with E-state index in [1.165, 1.54) is 0 Å². The van der Waals surface area contributed by atoms with E-state index in [1.54, 1.807) is 0 Å². The molecule has 0 radical (unpaired) electrons. The number of likely N-dealkylation sites (N-methyl/N-ethyl adjacent to an activating group) is 1. The van der Waals surface area contributed by atoms with Crippen molar-refractivity contribution in [1.82, 2.24) is 0 Å². The molecule has 0 fully saturated rings. The van der Waals surface area contributed by atoms with Gasteiger partial charge in [-0.2, -0.15) is 0 Å². The number of quaternary nitrogens is 1. The summed E-state index contributed by atoms with van der Waals surface area (Å²) in [6, 6.07) is 0. The van der Waals surface area contributed by atoms with Gasteiger partial charge < -0.3 is 35.8 Å². The summed E-state index contributed by atoms with van der Waals surface area (Å²) in [5.41, 5.74) is 0. The maximum Gasteiger partial charge on any atom is 2.00 e. The maximum absolute atomic E-state index is 8.39. The van der Waals surface area contributed by atoms with Gasteiger partial charge in [0.25, 0.3) is 0 Å². The van der Waals surface area contributed by atoms with Crippen molar-refractivity contribution in [2.45, 2.75) is 0 Å². The molecule has 70 valence electrons. The number of nitrogens with zero attached hydrogens (tertiary/aromatic N) is 1. The van der Waals surface area contributed by atoms with Crippen molar-refractivity contribution in [3.63, 3.8) is 0 Å². The molecule has 0 heterocycles. The fourth-order valence-electron chi connectivity index (χ4n) is 0.300. The summed E-state index contributed by atoms with van der Waals surface area (Å²) in [6.45, 7) is 1.11. The average molecular weight is 304 g/mol. The van der Waals surface area contributed by atoms with Crippen LogP contribution in [0.4, 0.5) is 0 Å². The van der Waals surface area contributed by atoms with E-state index in [1.807, 2.05) is 0 Å². The van der Waals surface area contributed by atoms with Crippen LogP contribution in [0.1, 0.15) is 1.43 Å². The van der Waals surface area contributed by atoms with Gasteiger partial charge in [0.15, 0.2) is 0 Å². The number of rotatable bonds is 2. The number of halogens is 3. The van der Waals surface area contributed by atoms with Crippen LogP contribution in [-0.2, 0) is 0 Å². The Kier molecular flexibility index (Phi) is 58.7. The number of aliphatic hydroxyl groups is 1. The fraction of sp³-hybridized carbons (Fsp3) is 1.00. The molecule has 1 N–H and O–H groups in total. The molecule has 0 unspecified atom stereocenters. The SMILES string of the molecule is Br.C[N+](C)(C)CCO.[Cl-].[Cl-].[H-].[Mg+2].[Na+]. The minimum Gasteiger partial charge on any atom is -1.00 e. The van der Waals surface area contributed by atoms with Crippen molar-refractivity contribution in [3.05, 3.63) is 0 Å². The first-order valence-electron chi connectivity index (χ1n) is 2.47. The van der Waals surface area contributed by atoms with Gasteiger partial charge in [0.1, 0.15) is 6.54 Å². The molecule has 0 saturated carbocycles. The topological polar surface area (TPSA) is 20.2 Å². The second kappa shape index (κ2) is 19.3. The molecule has 0 rings (SSSR count).